The molecule has 0 fully saturated rings. The van der Waals surface area contributed by atoms with E-state index in [0.29, 0.717) is 0 Å². The molecule has 0 bridgehead atoms. The van der Waals surface area contributed by atoms with Crippen molar-refractivity contribution in [2.45, 2.75) is 67.2 Å². The number of hydrogen-bond acceptors (Lipinski definition) is 0. The van der Waals surface area contributed by atoms with Crippen LogP contribution in [-0.4, -0.2) is 0 Å². The van der Waals surface area contributed by atoms with Gasteiger partial charge in [0, 0.05) is 33.0 Å². The van der Waals surface area contributed by atoms with E-state index >= 15 is 0 Å². The average Bonchev–Trinajstić information content (AvgIpc) is 3.09. The van der Waals surface area contributed by atoms with Crippen LogP contribution in [0, 0.1) is 33.1 Å². The first-order chi connectivity index (χ1) is 13.5. The fourth-order valence-electron chi connectivity index (χ4n) is 6.10. The Kier molecular flexibility index (Phi) is 4.84. The fraction of sp³-hybridized carbons (Fsp3) is 0.407. The second kappa shape index (κ2) is 6.76. The number of halogens is 2. The molecule has 2 aromatic rings. The molecular formula is C27H30Cl2. The lowest BCUT2D eigenvalue weighted by Gasteiger charge is -2.41. The zero-order chi connectivity index (χ0) is 21.4. The van der Waals surface area contributed by atoms with Crippen molar-refractivity contribution >= 4 is 33.3 Å². The largest absolute Gasteiger partial charge is 0.0837 e. The molecule has 0 radical (unpaired) electrons. The molecule has 0 heterocycles. The summed E-state index contributed by atoms with van der Waals surface area (Å²) in [4.78, 5) is 0. The summed E-state index contributed by atoms with van der Waals surface area (Å²) >= 11 is 13.9. The highest BCUT2D eigenvalue weighted by Gasteiger charge is 2.49. The summed E-state index contributed by atoms with van der Waals surface area (Å²) in [7, 11) is 0. The minimum absolute atomic E-state index is 0.0674. The van der Waals surface area contributed by atoms with Crippen molar-refractivity contribution in [1.82, 2.24) is 0 Å². The summed E-state index contributed by atoms with van der Waals surface area (Å²) < 4.78 is 0. The molecule has 2 aliphatic rings. The summed E-state index contributed by atoms with van der Waals surface area (Å²) in [6.07, 6.45) is 0. The Bertz CT molecular complexity index is 1020. The van der Waals surface area contributed by atoms with Gasteiger partial charge in [-0.2, -0.15) is 0 Å². The standard InChI is InChI=1S/C27H30Cl2/c1-13-9-11-15(3)21-19(13)23(17(5)25(21)28)27(7,8)24-18(6)26(29)22-16(4)12-10-14(2)20(22)24/h9-12,23-24H,1-8H3. The smallest absolute Gasteiger partial charge is 0.0479 e. The van der Waals surface area contributed by atoms with Gasteiger partial charge in [-0.05, 0) is 91.5 Å². The van der Waals surface area contributed by atoms with E-state index in [1.165, 1.54) is 55.7 Å². The van der Waals surface area contributed by atoms with Crippen LogP contribution in [0.15, 0.2) is 35.4 Å². The van der Waals surface area contributed by atoms with Crippen LogP contribution in [0.25, 0.3) is 10.1 Å². The van der Waals surface area contributed by atoms with E-state index in [1.54, 1.807) is 0 Å². The first-order valence-corrected chi connectivity index (χ1v) is 11.2. The molecule has 2 unspecified atom stereocenters. The van der Waals surface area contributed by atoms with Crippen molar-refractivity contribution in [2.75, 3.05) is 0 Å². The Morgan fingerprint density at radius 1 is 0.586 bits per heavy atom. The molecule has 2 heteroatoms. The van der Waals surface area contributed by atoms with E-state index in [2.05, 4.69) is 79.7 Å². The molecule has 4 rings (SSSR count). The van der Waals surface area contributed by atoms with Gasteiger partial charge in [-0.25, -0.2) is 0 Å². The lowest BCUT2D eigenvalue weighted by atomic mass is 9.61. The molecule has 0 saturated heterocycles. The summed E-state index contributed by atoms with van der Waals surface area (Å²) in [5.74, 6) is 0.528. The Labute approximate surface area is 185 Å². The number of aryl methyl sites for hydroxylation is 4. The molecule has 2 aromatic carbocycles. The average molecular weight is 425 g/mol. The van der Waals surface area contributed by atoms with Crippen LogP contribution < -0.4 is 0 Å². The Balaban J connectivity index is 1.98. The summed E-state index contributed by atoms with van der Waals surface area (Å²) in [6, 6.07) is 8.88. The number of benzene rings is 2. The monoisotopic (exact) mass is 424 g/mol. The minimum atomic E-state index is -0.0674. The van der Waals surface area contributed by atoms with Gasteiger partial charge in [-0.3, -0.25) is 0 Å². The highest BCUT2D eigenvalue weighted by molar-refractivity contribution is 6.50. The first-order valence-electron chi connectivity index (χ1n) is 10.4. The second-order valence-electron chi connectivity index (χ2n) is 9.66. The van der Waals surface area contributed by atoms with E-state index in [9.17, 15) is 0 Å². The number of hydrogen-bond donors (Lipinski definition) is 0. The molecule has 0 nitrogen and oxygen atoms in total. The molecule has 2 atom stereocenters. The summed E-state index contributed by atoms with van der Waals surface area (Å²) in [5, 5.41) is 1.87. The van der Waals surface area contributed by atoms with E-state index in [1.807, 2.05) is 0 Å². The van der Waals surface area contributed by atoms with E-state index in [-0.39, 0.29) is 17.3 Å². The maximum absolute atomic E-state index is 6.94. The van der Waals surface area contributed by atoms with Crippen LogP contribution >= 0.6 is 23.2 Å². The van der Waals surface area contributed by atoms with Gasteiger partial charge in [-0.1, -0.05) is 61.3 Å². The third kappa shape index (κ3) is 2.72. The molecule has 0 N–H and O–H groups in total. The van der Waals surface area contributed by atoms with Gasteiger partial charge in [-0.15, -0.1) is 0 Å². The topological polar surface area (TPSA) is 0 Å². The molecule has 152 valence electrons. The maximum atomic E-state index is 6.94. The van der Waals surface area contributed by atoms with Crippen molar-refractivity contribution < 1.29 is 0 Å². The quantitative estimate of drug-likeness (QED) is 0.451. The second-order valence-corrected chi connectivity index (χ2v) is 10.4. The van der Waals surface area contributed by atoms with Gasteiger partial charge in [0.2, 0.25) is 0 Å². The van der Waals surface area contributed by atoms with Crippen LogP contribution in [-0.2, 0) is 0 Å². The zero-order valence-corrected chi connectivity index (χ0v) is 20.2. The van der Waals surface area contributed by atoms with Crippen LogP contribution in [0.4, 0.5) is 0 Å². The van der Waals surface area contributed by atoms with Crippen molar-refractivity contribution in [2.24, 2.45) is 5.41 Å². The highest BCUT2D eigenvalue weighted by Crippen LogP contribution is 2.63. The van der Waals surface area contributed by atoms with E-state index in [4.69, 9.17) is 23.2 Å². The molecule has 2 aliphatic carbocycles. The lowest BCUT2D eigenvalue weighted by Crippen LogP contribution is -2.30. The van der Waals surface area contributed by atoms with Crippen LogP contribution in [0.3, 0.4) is 0 Å². The third-order valence-electron chi connectivity index (χ3n) is 7.41. The van der Waals surface area contributed by atoms with Crippen molar-refractivity contribution in [1.29, 1.82) is 0 Å². The molecule has 29 heavy (non-hydrogen) atoms. The SMILES string of the molecule is CC1=C(Cl)c2c(C)ccc(C)c2C1C(C)(C)C1C(C)=C(Cl)c2c(C)ccc(C)c21. The van der Waals surface area contributed by atoms with Crippen LogP contribution in [0.2, 0.25) is 0 Å². The number of rotatable bonds is 2. The van der Waals surface area contributed by atoms with Gasteiger partial charge in [0.05, 0.1) is 0 Å². The number of allylic oxidation sites excluding steroid dienone is 2. The molecule has 0 saturated carbocycles. The lowest BCUT2D eigenvalue weighted by molar-refractivity contribution is 0.273. The Morgan fingerprint density at radius 3 is 1.24 bits per heavy atom. The molecule has 0 aromatic heterocycles. The molecule has 0 amide bonds. The van der Waals surface area contributed by atoms with Gasteiger partial charge in [0.1, 0.15) is 0 Å². The normalized spacial score (nSPS) is 21.2. The predicted octanol–water partition coefficient (Wildman–Crippen LogP) is 8.78. The van der Waals surface area contributed by atoms with Gasteiger partial charge in [0.15, 0.2) is 0 Å². The molecule has 0 aliphatic heterocycles. The maximum Gasteiger partial charge on any atom is 0.0479 e. The van der Waals surface area contributed by atoms with Crippen LogP contribution in [0.5, 0.6) is 0 Å². The van der Waals surface area contributed by atoms with Gasteiger partial charge in [0.25, 0.3) is 0 Å². The first kappa shape index (κ1) is 20.8. The Morgan fingerprint density at radius 2 is 0.897 bits per heavy atom. The summed E-state index contributed by atoms with van der Waals surface area (Å²) in [6.45, 7) is 18.0. The minimum Gasteiger partial charge on any atom is -0.0837 e. The molecule has 0 spiro atoms. The predicted molar refractivity (Wildman–Crippen MR) is 128 cm³/mol. The highest BCUT2D eigenvalue weighted by atomic mass is 35.5. The number of fused-ring (bicyclic) bond motifs is 2. The Hall–Kier alpha value is -1.50. The van der Waals surface area contributed by atoms with Gasteiger partial charge >= 0.3 is 0 Å². The third-order valence-corrected chi connectivity index (χ3v) is 8.38. The summed E-state index contributed by atoms with van der Waals surface area (Å²) in [5.41, 5.74) is 13.0. The van der Waals surface area contributed by atoms with Gasteiger partial charge < -0.3 is 0 Å². The van der Waals surface area contributed by atoms with Crippen LogP contribution in [0.1, 0.15) is 84.0 Å². The fourth-order valence-corrected chi connectivity index (χ4v) is 6.82. The molecular weight excluding hydrogens is 395 g/mol. The van der Waals surface area contributed by atoms with Crippen molar-refractivity contribution in [3.8, 4) is 0 Å². The zero-order valence-electron chi connectivity index (χ0n) is 18.7. The van der Waals surface area contributed by atoms with Crippen molar-refractivity contribution in [3.05, 3.63) is 79.9 Å². The van der Waals surface area contributed by atoms with E-state index < -0.39 is 0 Å². The van der Waals surface area contributed by atoms with Crippen molar-refractivity contribution in [3.63, 3.8) is 0 Å². The van der Waals surface area contributed by atoms with E-state index in [0.717, 1.165) is 10.1 Å².